The second-order valence-corrected chi connectivity index (χ2v) is 10.6. The first-order valence-electron chi connectivity index (χ1n) is 12.5. The van der Waals surface area contributed by atoms with E-state index in [0.29, 0.717) is 24.0 Å². The molecule has 37 heavy (non-hydrogen) atoms. The maximum atomic E-state index is 14.2. The smallest absolute Gasteiger partial charge is 0.243 e. The van der Waals surface area contributed by atoms with Crippen molar-refractivity contribution in [3.8, 4) is 28.3 Å². The van der Waals surface area contributed by atoms with Gasteiger partial charge in [0.25, 0.3) is 0 Å². The van der Waals surface area contributed by atoms with Crippen molar-refractivity contribution in [1.29, 1.82) is 0 Å². The van der Waals surface area contributed by atoms with Gasteiger partial charge in [0.1, 0.15) is 23.0 Å². The first-order chi connectivity index (χ1) is 18.1. The third-order valence-corrected chi connectivity index (χ3v) is 8.11. The van der Waals surface area contributed by atoms with E-state index in [-0.39, 0.29) is 17.8 Å². The molecule has 0 atom stereocenters. The van der Waals surface area contributed by atoms with Gasteiger partial charge in [0.15, 0.2) is 0 Å². The third kappa shape index (κ3) is 4.74. The molecular weight excluding hydrogens is 487 g/mol. The molecule has 0 spiro atoms. The summed E-state index contributed by atoms with van der Waals surface area (Å²) in [4.78, 5) is 11.5. The largest absolute Gasteiger partial charge is 0.492 e. The Morgan fingerprint density at radius 1 is 1.16 bits per heavy atom. The molecule has 1 fully saturated rings. The van der Waals surface area contributed by atoms with Crippen LogP contribution in [0.25, 0.3) is 32.6 Å². The van der Waals surface area contributed by atoms with Crippen molar-refractivity contribution in [2.45, 2.75) is 31.8 Å². The molecule has 8 heteroatoms. The average Bonchev–Trinajstić information content (AvgIpc) is 3.39. The maximum Gasteiger partial charge on any atom is 0.243 e. The summed E-state index contributed by atoms with van der Waals surface area (Å²) < 4.78 is 21.3. The summed E-state index contributed by atoms with van der Waals surface area (Å²) in [5.41, 5.74) is 6.00. The summed E-state index contributed by atoms with van der Waals surface area (Å²) in [6.45, 7) is 5.81. The number of rotatable bonds is 7. The molecule has 1 amide bonds. The number of hydrogen-bond acceptors (Lipinski definition) is 6. The number of amides is 1. The van der Waals surface area contributed by atoms with Crippen LogP contribution in [0.3, 0.4) is 0 Å². The number of ether oxygens (including phenoxy) is 1. The van der Waals surface area contributed by atoms with Gasteiger partial charge in [-0.2, -0.15) is 0 Å². The lowest BCUT2D eigenvalue weighted by Crippen LogP contribution is -2.45. The Bertz CT molecular complexity index is 1490. The molecule has 0 saturated heterocycles. The van der Waals surface area contributed by atoms with Crippen LogP contribution in [-0.4, -0.2) is 35.3 Å². The minimum atomic E-state index is -0.362. The van der Waals surface area contributed by atoms with Gasteiger partial charge in [-0.25, -0.2) is 4.39 Å². The van der Waals surface area contributed by atoms with Crippen LogP contribution in [-0.2, 0) is 17.8 Å². The van der Waals surface area contributed by atoms with E-state index in [1.165, 1.54) is 29.3 Å². The Labute approximate surface area is 218 Å². The van der Waals surface area contributed by atoms with Crippen LogP contribution in [0.1, 0.15) is 24.0 Å². The highest BCUT2D eigenvalue weighted by atomic mass is 32.1. The van der Waals surface area contributed by atoms with Gasteiger partial charge in [0, 0.05) is 35.2 Å². The number of hydrogen-bond donors (Lipinski definition) is 2. The van der Waals surface area contributed by atoms with Crippen LogP contribution in [0, 0.1) is 11.7 Å². The number of carbonyl (C=O) groups excluding carboxylic acids is 1. The molecule has 0 bridgehead atoms. The van der Waals surface area contributed by atoms with E-state index >= 15 is 0 Å². The molecular formula is C29H27FN4O2S. The fourth-order valence-corrected chi connectivity index (χ4v) is 6.06. The highest BCUT2D eigenvalue weighted by molar-refractivity contribution is 7.17. The fraction of sp³-hybridized carbons (Fsp3) is 0.276. The molecule has 2 N–H and O–H groups in total. The standard InChI is InChI=1S/C29H27FN4O2S/c1-2-26(35)32-22-11-17(12-22)16-36-25-14-21(30)5-6-23(25)28-29-24(8-10-37-29)27(33-34-28)19-3-4-20-15-31-9-7-18(20)13-19/h2-6,8,10,13-14,17,22,31H,1,7,9,11-12,15-16H2,(H,32,35). The second kappa shape index (κ2) is 10.0. The SMILES string of the molecule is C=CC(=O)NC1CC(COc2cc(F)ccc2-c2nnc(-c3ccc4c(c3)CCNC4)c3ccsc23)C1. The minimum absolute atomic E-state index is 0.134. The lowest BCUT2D eigenvalue weighted by Gasteiger charge is -2.35. The maximum absolute atomic E-state index is 14.2. The summed E-state index contributed by atoms with van der Waals surface area (Å²) in [5, 5.41) is 18.7. The predicted octanol–water partition coefficient (Wildman–Crippen LogP) is 5.27. The zero-order valence-corrected chi connectivity index (χ0v) is 21.1. The summed E-state index contributed by atoms with van der Waals surface area (Å²) in [6.07, 6.45) is 3.93. The normalized spacial score (nSPS) is 18.6. The quantitative estimate of drug-likeness (QED) is 0.329. The zero-order valence-electron chi connectivity index (χ0n) is 20.3. The van der Waals surface area contributed by atoms with Crippen molar-refractivity contribution in [2.24, 2.45) is 5.92 Å². The van der Waals surface area contributed by atoms with E-state index in [0.717, 1.165) is 59.3 Å². The molecule has 1 aliphatic carbocycles. The number of carbonyl (C=O) groups is 1. The van der Waals surface area contributed by atoms with Crippen LogP contribution in [0.2, 0.25) is 0 Å². The van der Waals surface area contributed by atoms with Gasteiger partial charge < -0.3 is 15.4 Å². The van der Waals surface area contributed by atoms with Gasteiger partial charge in [-0.1, -0.05) is 18.7 Å². The molecule has 2 aromatic heterocycles. The van der Waals surface area contributed by atoms with Crippen molar-refractivity contribution in [2.75, 3.05) is 13.2 Å². The van der Waals surface area contributed by atoms with E-state index in [4.69, 9.17) is 4.74 Å². The Balaban J connectivity index is 1.27. The number of aromatic nitrogens is 2. The lowest BCUT2D eigenvalue weighted by molar-refractivity contribution is -0.118. The lowest BCUT2D eigenvalue weighted by atomic mass is 9.81. The Morgan fingerprint density at radius 3 is 2.89 bits per heavy atom. The summed E-state index contributed by atoms with van der Waals surface area (Å²) in [5.74, 6) is 0.225. The van der Waals surface area contributed by atoms with Crippen molar-refractivity contribution in [3.05, 3.63) is 77.4 Å². The number of thiophene rings is 1. The number of fused-ring (bicyclic) bond motifs is 2. The van der Waals surface area contributed by atoms with Crippen LogP contribution in [0.4, 0.5) is 4.39 Å². The van der Waals surface area contributed by atoms with Crippen molar-refractivity contribution < 1.29 is 13.9 Å². The van der Waals surface area contributed by atoms with Crippen LogP contribution in [0.5, 0.6) is 5.75 Å². The molecule has 0 radical (unpaired) electrons. The molecule has 188 valence electrons. The summed E-state index contributed by atoms with van der Waals surface area (Å²) in [6, 6.07) is 13.3. The Morgan fingerprint density at radius 2 is 2.03 bits per heavy atom. The molecule has 6 nitrogen and oxygen atoms in total. The summed E-state index contributed by atoms with van der Waals surface area (Å²) >= 11 is 1.60. The molecule has 2 aromatic carbocycles. The van der Waals surface area contributed by atoms with E-state index in [9.17, 15) is 9.18 Å². The van der Waals surface area contributed by atoms with Crippen LogP contribution >= 0.6 is 11.3 Å². The minimum Gasteiger partial charge on any atom is -0.492 e. The molecule has 0 unspecified atom stereocenters. The number of nitrogens with one attached hydrogen (secondary N) is 2. The highest BCUT2D eigenvalue weighted by Crippen LogP contribution is 2.40. The van der Waals surface area contributed by atoms with Gasteiger partial charge >= 0.3 is 0 Å². The number of nitrogens with zero attached hydrogens (tertiary/aromatic N) is 2. The topological polar surface area (TPSA) is 76.1 Å². The highest BCUT2D eigenvalue weighted by Gasteiger charge is 2.30. The van der Waals surface area contributed by atoms with Gasteiger partial charge in [0.2, 0.25) is 5.91 Å². The van der Waals surface area contributed by atoms with Crippen molar-refractivity contribution in [3.63, 3.8) is 0 Å². The molecule has 4 aromatic rings. The average molecular weight is 515 g/mol. The van der Waals surface area contributed by atoms with Crippen molar-refractivity contribution >= 4 is 27.3 Å². The van der Waals surface area contributed by atoms with Gasteiger partial charge in [-0.15, -0.1) is 21.5 Å². The molecule has 1 saturated carbocycles. The number of benzene rings is 2. The molecule has 1 aliphatic heterocycles. The van der Waals surface area contributed by atoms with E-state index < -0.39 is 0 Å². The van der Waals surface area contributed by atoms with Gasteiger partial charge in [0.05, 0.1) is 11.3 Å². The van der Waals surface area contributed by atoms with Gasteiger partial charge in [-0.3, -0.25) is 4.79 Å². The second-order valence-electron chi connectivity index (χ2n) is 9.67. The van der Waals surface area contributed by atoms with E-state index in [2.05, 4.69) is 51.7 Å². The predicted molar refractivity (Wildman–Crippen MR) is 144 cm³/mol. The third-order valence-electron chi connectivity index (χ3n) is 7.19. The summed E-state index contributed by atoms with van der Waals surface area (Å²) in [7, 11) is 0. The Kier molecular flexibility index (Phi) is 6.44. The number of halogens is 1. The van der Waals surface area contributed by atoms with Crippen LogP contribution < -0.4 is 15.4 Å². The van der Waals surface area contributed by atoms with Gasteiger partial charge in [-0.05, 0) is 78.6 Å². The van der Waals surface area contributed by atoms with Crippen molar-refractivity contribution in [1.82, 2.24) is 20.8 Å². The molecule has 2 aliphatic rings. The monoisotopic (exact) mass is 514 g/mol. The molecule has 6 rings (SSSR count). The van der Waals surface area contributed by atoms with E-state index in [1.54, 1.807) is 17.4 Å². The Hall–Kier alpha value is -3.62. The first-order valence-corrected chi connectivity index (χ1v) is 13.4. The first kappa shape index (κ1) is 23.8. The van der Waals surface area contributed by atoms with Crippen LogP contribution in [0.15, 0.2) is 60.5 Å². The fourth-order valence-electron chi connectivity index (χ4n) is 5.16. The zero-order chi connectivity index (χ0) is 25.4. The molecule has 3 heterocycles. The van der Waals surface area contributed by atoms with E-state index in [1.807, 2.05) is 5.38 Å².